The number of aromatic nitrogens is 2. The number of methoxy groups -OCH3 is 1. The molecule has 5 heterocycles. The van der Waals surface area contributed by atoms with E-state index in [4.69, 9.17) is 23.9 Å². The molecule has 18 heteroatoms. The van der Waals surface area contributed by atoms with Crippen molar-refractivity contribution in [1.82, 2.24) is 14.9 Å². The van der Waals surface area contributed by atoms with Gasteiger partial charge in [-0.25, -0.2) is 0 Å². The number of rotatable bonds is 15. The van der Waals surface area contributed by atoms with Crippen LogP contribution >= 0.6 is 0 Å². The van der Waals surface area contributed by atoms with Gasteiger partial charge in [0.05, 0.1) is 0 Å². The second-order valence-electron chi connectivity index (χ2n) is 20.4. The molecule has 366 valence electrons. The van der Waals surface area contributed by atoms with E-state index in [0.717, 1.165) is 61.6 Å². The van der Waals surface area contributed by atoms with Crippen LogP contribution in [0.1, 0.15) is 126 Å². The fourth-order valence-electron chi connectivity index (χ4n) is 10.5. The van der Waals surface area contributed by atoms with E-state index in [-0.39, 0.29) is 35.5 Å². The van der Waals surface area contributed by atoms with Crippen LogP contribution < -0.4 is 23.4 Å². The minimum atomic E-state index is -5.40. The number of hydrogen-bond acceptors (Lipinski definition) is 10. The van der Waals surface area contributed by atoms with E-state index in [9.17, 15) is 22.8 Å². The van der Waals surface area contributed by atoms with Crippen LogP contribution in [0.3, 0.4) is 0 Å². The third kappa shape index (κ3) is 10.6. The summed E-state index contributed by atoms with van der Waals surface area (Å²) >= 11 is -3.70. The van der Waals surface area contributed by atoms with Crippen LogP contribution in [0.25, 0.3) is 22.0 Å². The average molecular weight is 1040 g/mol. The molecule has 3 aromatic rings. The molecule has 3 aliphatic heterocycles. The molecular formula is C48H68F5N5O7Sn. The molecule has 4 atom stereocenters. The Morgan fingerprint density at radius 2 is 1.53 bits per heavy atom. The first-order chi connectivity index (χ1) is 30.8. The molecule has 6 rings (SSSR count). The molecule has 2 amide bonds. The molecule has 0 aliphatic carbocycles. The Bertz CT molecular complexity index is 2260. The maximum absolute atomic E-state index is 18.4. The molecule has 2 aromatic heterocycles. The summed E-state index contributed by atoms with van der Waals surface area (Å²) < 4.78 is 109. The SMILES string of the molecule is CCC[CH2][Sn]([CH2]CCC)([CH2]CCC)[c]1nc2c3c(nc(-c4cc(NC(=O)OC(C)(C)C)cc(F)c4OC(F)(F)F)c(F)c3c1C)O[C@@H](C)[C@@H]1[C@@H]3CC[C@](COC)(CN21)N3C(=O)OC(C)(C)C. The van der Waals surface area contributed by atoms with Crippen LogP contribution in [-0.4, -0.2) is 107 Å². The molecule has 0 saturated carbocycles. The maximum atomic E-state index is 18.4. The number of nitrogens with zero attached hydrogens (tertiary/aromatic N) is 4. The zero-order valence-corrected chi connectivity index (χ0v) is 43.5. The number of hydrogen-bond donors (Lipinski definition) is 1. The van der Waals surface area contributed by atoms with Crippen molar-refractivity contribution in [2.24, 2.45) is 0 Å². The molecule has 1 aromatic carbocycles. The van der Waals surface area contributed by atoms with Crippen LogP contribution in [0, 0.1) is 18.6 Å². The van der Waals surface area contributed by atoms with E-state index in [1.54, 1.807) is 53.6 Å². The van der Waals surface area contributed by atoms with Gasteiger partial charge >= 0.3 is 371 Å². The summed E-state index contributed by atoms with van der Waals surface area (Å²) in [7, 11) is 1.59. The molecule has 1 N–H and O–H groups in total. The van der Waals surface area contributed by atoms with Gasteiger partial charge in [0.25, 0.3) is 0 Å². The van der Waals surface area contributed by atoms with E-state index in [0.29, 0.717) is 30.3 Å². The summed E-state index contributed by atoms with van der Waals surface area (Å²) in [6.07, 6.45) is -0.815. The number of carbonyl (C=O) groups excluding carboxylic acids is 2. The molecule has 2 saturated heterocycles. The molecule has 12 nitrogen and oxygen atoms in total. The minimum absolute atomic E-state index is 0.0556. The Labute approximate surface area is 389 Å². The molecule has 0 radical (unpaired) electrons. The predicted octanol–water partition coefficient (Wildman–Crippen LogP) is 11.9. The third-order valence-electron chi connectivity index (χ3n) is 13.0. The number of carbonyl (C=O) groups is 2. The number of aryl methyl sites for hydroxylation is 1. The van der Waals surface area contributed by atoms with Gasteiger partial charge in [-0.05, 0) is 20.8 Å². The van der Waals surface area contributed by atoms with E-state index >= 15 is 8.78 Å². The first-order valence-electron chi connectivity index (χ1n) is 23.4. The number of nitrogens with one attached hydrogen (secondary N) is 1. The topological polar surface area (TPSA) is 125 Å². The second-order valence-corrected chi connectivity index (χ2v) is 33.3. The van der Waals surface area contributed by atoms with Crippen LogP contribution in [-0.2, 0) is 14.2 Å². The molecule has 0 unspecified atom stereocenters. The fraction of sp³-hybridized carbons (Fsp3) is 0.667. The number of anilines is 2. The normalized spacial score (nSPS) is 20.8. The molecule has 2 bridgehead atoms. The first kappa shape index (κ1) is 51.5. The Morgan fingerprint density at radius 3 is 2.08 bits per heavy atom. The number of piperazine rings is 1. The van der Waals surface area contributed by atoms with Crippen molar-refractivity contribution in [1.29, 1.82) is 0 Å². The number of unbranched alkanes of at least 4 members (excludes halogenated alkanes) is 3. The van der Waals surface area contributed by atoms with Crippen molar-refractivity contribution in [3.05, 3.63) is 29.3 Å². The number of benzene rings is 1. The number of pyridine rings is 2. The van der Waals surface area contributed by atoms with Crippen LogP contribution in [0.15, 0.2) is 12.1 Å². The Kier molecular flexibility index (Phi) is 15.3. The number of fused-ring (bicyclic) bond motifs is 5. The predicted molar refractivity (Wildman–Crippen MR) is 248 cm³/mol. The zero-order chi connectivity index (χ0) is 48.7. The second kappa shape index (κ2) is 19.6. The van der Waals surface area contributed by atoms with E-state index < -0.39 is 100 Å². The summed E-state index contributed by atoms with van der Waals surface area (Å²) in [6, 6.07) is 0.582. The van der Waals surface area contributed by atoms with Crippen molar-refractivity contribution < 1.29 is 55.2 Å². The number of alkyl halides is 3. The van der Waals surface area contributed by atoms with Crippen LogP contribution in [0.5, 0.6) is 11.6 Å². The van der Waals surface area contributed by atoms with Crippen molar-refractivity contribution in [3.8, 4) is 22.9 Å². The van der Waals surface area contributed by atoms with E-state index in [2.05, 4.69) is 40.7 Å². The molecule has 2 fully saturated rings. The Hall–Kier alpha value is -3.87. The Balaban J connectivity index is 1.72. The zero-order valence-electron chi connectivity index (χ0n) is 40.6. The van der Waals surface area contributed by atoms with E-state index in [1.165, 1.54) is 0 Å². The van der Waals surface area contributed by atoms with Crippen LogP contribution in [0.4, 0.5) is 43.0 Å². The van der Waals surface area contributed by atoms with Gasteiger partial charge in [-0.1, -0.05) is 0 Å². The third-order valence-corrected chi connectivity index (χ3v) is 28.5. The monoisotopic (exact) mass is 1040 g/mol. The van der Waals surface area contributed by atoms with Gasteiger partial charge in [-0.2, -0.15) is 0 Å². The molecular weight excluding hydrogens is 972 g/mol. The van der Waals surface area contributed by atoms with Gasteiger partial charge in [-0.3, -0.25) is 0 Å². The van der Waals surface area contributed by atoms with Gasteiger partial charge in [0.1, 0.15) is 0 Å². The average Bonchev–Trinajstić information content (AvgIpc) is 3.40. The van der Waals surface area contributed by atoms with Gasteiger partial charge < -0.3 is 0 Å². The molecule has 3 aliphatic rings. The van der Waals surface area contributed by atoms with Crippen LogP contribution in [0.2, 0.25) is 13.3 Å². The number of amides is 2. The van der Waals surface area contributed by atoms with Gasteiger partial charge in [0.15, 0.2) is 0 Å². The summed E-state index contributed by atoms with van der Waals surface area (Å²) in [6.45, 7) is 20.8. The van der Waals surface area contributed by atoms with Gasteiger partial charge in [-0.15, -0.1) is 0 Å². The number of ether oxygens (including phenoxy) is 5. The summed E-state index contributed by atoms with van der Waals surface area (Å²) in [4.78, 5) is 41.5. The summed E-state index contributed by atoms with van der Waals surface area (Å²) in [5, 5.41) is 2.66. The Morgan fingerprint density at radius 1 is 0.924 bits per heavy atom. The van der Waals surface area contributed by atoms with Gasteiger partial charge in [0, 0.05) is 0 Å². The quantitative estimate of drug-likeness (QED) is 0.116. The summed E-state index contributed by atoms with van der Waals surface area (Å²) in [5.41, 5.74) is -3.81. The first-order valence-corrected chi connectivity index (χ1v) is 30.9. The summed E-state index contributed by atoms with van der Waals surface area (Å²) in [5.74, 6) is -3.59. The molecule has 0 spiro atoms. The van der Waals surface area contributed by atoms with Crippen molar-refractivity contribution in [2.75, 3.05) is 30.5 Å². The van der Waals surface area contributed by atoms with Crippen molar-refractivity contribution in [2.45, 2.75) is 182 Å². The van der Waals surface area contributed by atoms with Crippen molar-refractivity contribution >= 4 is 56.6 Å². The van der Waals surface area contributed by atoms with Crippen molar-refractivity contribution in [3.63, 3.8) is 0 Å². The fourth-order valence-corrected chi connectivity index (χ4v) is 27.1. The van der Waals surface area contributed by atoms with Gasteiger partial charge in [0.2, 0.25) is 0 Å². The van der Waals surface area contributed by atoms with E-state index in [1.807, 2.05) is 13.8 Å². The standard InChI is InChI=1S/C36H41F5N5O7.3C4H9.Sn/c1-17-14-42-29-24-23(17)25(38)26(20-12-19(43-31(47)52-33(3,4)5)13-21(37)28(20)51-36(39,40)41)44-30(24)50-18(2)27-22-10-11-35(16-49-9,15-45(27)29)46(22)32(48)53-34(6,7)8;3*1-3-4-2;/h12-13,18,22,27H,10-11,15-16H2,1-9H3,(H,43,47);3*1,3-4H2,2H3;/t18-,22-,27+,35+;;;;/m0..../s1. The number of halogens is 5. The molecule has 66 heavy (non-hydrogen) atoms.